The van der Waals surface area contributed by atoms with Crippen molar-refractivity contribution < 1.29 is 4.79 Å². The molecule has 0 bridgehead atoms. The second kappa shape index (κ2) is 4.74. The van der Waals surface area contributed by atoms with Crippen molar-refractivity contribution in [2.24, 2.45) is 5.73 Å². The van der Waals surface area contributed by atoms with Crippen LogP contribution in [0, 0.1) is 6.92 Å². The Morgan fingerprint density at radius 3 is 2.76 bits per heavy atom. The highest BCUT2D eigenvalue weighted by Crippen LogP contribution is 2.29. The molecule has 2 N–H and O–H groups in total. The lowest BCUT2D eigenvalue weighted by atomic mass is 9.97. The van der Waals surface area contributed by atoms with Crippen LogP contribution in [-0.2, 0) is 11.3 Å². The van der Waals surface area contributed by atoms with Gasteiger partial charge in [0, 0.05) is 11.9 Å². The van der Waals surface area contributed by atoms with Crippen molar-refractivity contribution in [3.63, 3.8) is 0 Å². The van der Waals surface area contributed by atoms with Crippen LogP contribution in [0.3, 0.4) is 0 Å². The van der Waals surface area contributed by atoms with E-state index in [-0.39, 0.29) is 5.91 Å². The van der Waals surface area contributed by atoms with Gasteiger partial charge in [-0.3, -0.25) is 4.79 Å². The summed E-state index contributed by atoms with van der Waals surface area (Å²) in [5.41, 5.74) is 8.37. The molecule has 1 saturated carbocycles. The van der Waals surface area contributed by atoms with Crippen LogP contribution in [0.4, 0.5) is 0 Å². The van der Waals surface area contributed by atoms with Gasteiger partial charge in [-0.15, -0.1) is 11.3 Å². The number of rotatable bonds is 3. The Bertz CT molecular complexity index is 410. The highest BCUT2D eigenvalue weighted by Gasteiger charge is 2.38. The number of carbonyl (C=O) groups excluding carboxylic acids is 1. The number of aromatic nitrogens is 1. The minimum Gasteiger partial charge on any atom is -0.339 e. The van der Waals surface area contributed by atoms with Crippen molar-refractivity contribution in [1.29, 1.82) is 0 Å². The molecule has 1 aliphatic rings. The lowest BCUT2D eigenvalue weighted by Gasteiger charge is -2.28. The molecule has 0 saturated heterocycles. The number of likely N-dealkylation sites (N-methyl/N-ethyl adjacent to an activating group) is 1. The smallest absolute Gasteiger partial charge is 0.242 e. The molecule has 5 heteroatoms. The largest absolute Gasteiger partial charge is 0.339 e. The van der Waals surface area contributed by atoms with E-state index in [0.717, 1.165) is 36.3 Å². The standard InChI is InChI=1S/C12H19N3OS/c1-9-10(17-8-14-9)7-15(2)11(16)12(13)5-3-4-6-12/h8H,3-7,13H2,1-2H3. The number of amides is 1. The van der Waals surface area contributed by atoms with Crippen molar-refractivity contribution in [1.82, 2.24) is 9.88 Å². The molecule has 1 aliphatic carbocycles. The molecule has 2 rings (SSSR count). The summed E-state index contributed by atoms with van der Waals surface area (Å²) in [7, 11) is 1.83. The Labute approximate surface area is 106 Å². The summed E-state index contributed by atoms with van der Waals surface area (Å²) >= 11 is 1.59. The number of nitrogens with two attached hydrogens (primary N) is 1. The predicted octanol–water partition coefficient (Wildman–Crippen LogP) is 1.68. The van der Waals surface area contributed by atoms with Gasteiger partial charge < -0.3 is 10.6 Å². The molecule has 1 heterocycles. The van der Waals surface area contributed by atoms with Crippen molar-refractivity contribution in [2.45, 2.75) is 44.7 Å². The van der Waals surface area contributed by atoms with Crippen LogP contribution >= 0.6 is 11.3 Å². The minimum absolute atomic E-state index is 0.0720. The van der Waals surface area contributed by atoms with Crippen LogP contribution in [0.15, 0.2) is 5.51 Å². The maximum Gasteiger partial charge on any atom is 0.242 e. The Kier molecular flexibility index (Phi) is 3.49. The van der Waals surface area contributed by atoms with Crippen LogP contribution in [-0.4, -0.2) is 28.4 Å². The van der Waals surface area contributed by atoms with Crippen LogP contribution in [0.25, 0.3) is 0 Å². The molecule has 1 amide bonds. The first kappa shape index (κ1) is 12.5. The molecule has 17 heavy (non-hydrogen) atoms. The average molecular weight is 253 g/mol. The summed E-state index contributed by atoms with van der Waals surface area (Å²) in [5, 5.41) is 0. The monoisotopic (exact) mass is 253 g/mol. The van der Waals surface area contributed by atoms with Gasteiger partial charge in [-0.2, -0.15) is 0 Å². The Hall–Kier alpha value is -0.940. The summed E-state index contributed by atoms with van der Waals surface area (Å²) in [6.07, 6.45) is 3.76. The van der Waals surface area contributed by atoms with Crippen LogP contribution < -0.4 is 5.73 Å². The van der Waals surface area contributed by atoms with Crippen LogP contribution in [0.5, 0.6) is 0 Å². The molecule has 0 atom stereocenters. The Morgan fingerprint density at radius 2 is 2.24 bits per heavy atom. The fourth-order valence-corrected chi connectivity index (χ4v) is 3.19. The molecular formula is C12H19N3OS. The topological polar surface area (TPSA) is 59.2 Å². The summed E-state index contributed by atoms with van der Waals surface area (Å²) < 4.78 is 0. The van der Waals surface area contributed by atoms with Gasteiger partial charge in [0.05, 0.1) is 23.3 Å². The van der Waals surface area contributed by atoms with Gasteiger partial charge in [0.25, 0.3) is 0 Å². The molecule has 0 aliphatic heterocycles. The summed E-state index contributed by atoms with van der Waals surface area (Å²) in [6.45, 7) is 2.59. The van der Waals surface area contributed by atoms with Gasteiger partial charge in [0.1, 0.15) is 0 Å². The highest BCUT2D eigenvalue weighted by molar-refractivity contribution is 7.09. The maximum atomic E-state index is 12.3. The molecule has 1 aromatic heterocycles. The van der Waals surface area contributed by atoms with E-state index in [0.29, 0.717) is 6.54 Å². The number of thiazole rings is 1. The molecule has 94 valence electrons. The number of nitrogens with zero attached hydrogens (tertiary/aromatic N) is 2. The average Bonchev–Trinajstić information content (AvgIpc) is 2.89. The van der Waals surface area contributed by atoms with E-state index < -0.39 is 5.54 Å². The number of carbonyl (C=O) groups is 1. The summed E-state index contributed by atoms with van der Waals surface area (Å²) in [4.78, 5) is 19.4. The van der Waals surface area contributed by atoms with Crippen molar-refractivity contribution >= 4 is 17.2 Å². The van der Waals surface area contributed by atoms with Crippen molar-refractivity contribution in [2.75, 3.05) is 7.05 Å². The maximum absolute atomic E-state index is 12.3. The second-order valence-electron chi connectivity index (χ2n) is 4.89. The summed E-state index contributed by atoms with van der Waals surface area (Å²) in [5.74, 6) is 0.0720. The van der Waals surface area contributed by atoms with Gasteiger partial charge in [-0.25, -0.2) is 4.98 Å². The van der Waals surface area contributed by atoms with Gasteiger partial charge >= 0.3 is 0 Å². The van der Waals surface area contributed by atoms with E-state index in [1.54, 1.807) is 16.2 Å². The number of hydrogen-bond donors (Lipinski definition) is 1. The van der Waals surface area contributed by atoms with E-state index in [9.17, 15) is 4.79 Å². The lowest BCUT2D eigenvalue weighted by molar-refractivity contribution is -0.136. The normalized spacial score (nSPS) is 18.3. The third-order valence-electron chi connectivity index (χ3n) is 3.49. The minimum atomic E-state index is -0.618. The first-order valence-electron chi connectivity index (χ1n) is 5.96. The van der Waals surface area contributed by atoms with Gasteiger partial charge in [0.15, 0.2) is 0 Å². The third kappa shape index (κ3) is 2.50. The van der Waals surface area contributed by atoms with Crippen LogP contribution in [0.1, 0.15) is 36.3 Å². The number of hydrogen-bond acceptors (Lipinski definition) is 4. The first-order valence-corrected chi connectivity index (χ1v) is 6.84. The molecule has 0 aromatic carbocycles. The third-order valence-corrected chi connectivity index (χ3v) is 4.41. The summed E-state index contributed by atoms with van der Waals surface area (Å²) in [6, 6.07) is 0. The van der Waals surface area contributed by atoms with E-state index in [1.165, 1.54) is 0 Å². The van der Waals surface area contributed by atoms with E-state index in [2.05, 4.69) is 4.98 Å². The fraction of sp³-hybridized carbons (Fsp3) is 0.667. The Morgan fingerprint density at radius 1 is 1.59 bits per heavy atom. The van der Waals surface area contributed by atoms with E-state index >= 15 is 0 Å². The zero-order valence-electron chi connectivity index (χ0n) is 10.4. The predicted molar refractivity (Wildman–Crippen MR) is 68.7 cm³/mol. The Balaban J connectivity index is 2.03. The van der Waals surface area contributed by atoms with E-state index in [4.69, 9.17) is 5.73 Å². The molecular weight excluding hydrogens is 234 g/mol. The fourth-order valence-electron chi connectivity index (χ4n) is 2.37. The zero-order chi connectivity index (χ0) is 12.5. The zero-order valence-corrected chi connectivity index (χ0v) is 11.2. The van der Waals surface area contributed by atoms with Crippen molar-refractivity contribution in [3.05, 3.63) is 16.1 Å². The quantitative estimate of drug-likeness (QED) is 0.891. The van der Waals surface area contributed by atoms with Gasteiger partial charge in [0.2, 0.25) is 5.91 Å². The van der Waals surface area contributed by atoms with Crippen molar-refractivity contribution in [3.8, 4) is 0 Å². The molecule has 0 spiro atoms. The molecule has 0 radical (unpaired) electrons. The van der Waals surface area contributed by atoms with Gasteiger partial charge in [-0.05, 0) is 19.8 Å². The highest BCUT2D eigenvalue weighted by atomic mass is 32.1. The van der Waals surface area contributed by atoms with Gasteiger partial charge in [-0.1, -0.05) is 12.8 Å². The molecule has 1 aromatic rings. The SMILES string of the molecule is Cc1ncsc1CN(C)C(=O)C1(N)CCCC1. The molecule has 1 fully saturated rings. The number of aryl methyl sites for hydroxylation is 1. The second-order valence-corrected chi connectivity index (χ2v) is 5.82. The molecule has 4 nitrogen and oxygen atoms in total. The molecule has 0 unspecified atom stereocenters. The van der Waals surface area contributed by atoms with E-state index in [1.807, 2.05) is 19.5 Å². The first-order chi connectivity index (χ1) is 8.03. The van der Waals surface area contributed by atoms with Crippen LogP contribution in [0.2, 0.25) is 0 Å². The lowest BCUT2D eigenvalue weighted by Crippen LogP contribution is -2.52.